The van der Waals surface area contributed by atoms with E-state index in [0.29, 0.717) is 13.2 Å². The quantitative estimate of drug-likeness (QED) is 0.830. The third-order valence-corrected chi connectivity index (χ3v) is 3.75. The van der Waals surface area contributed by atoms with Crippen molar-refractivity contribution in [1.29, 1.82) is 0 Å². The predicted octanol–water partition coefficient (Wildman–Crippen LogP) is 1.39. The van der Waals surface area contributed by atoms with Crippen molar-refractivity contribution in [2.45, 2.75) is 13.0 Å². The molecule has 18 heavy (non-hydrogen) atoms. The van der Waals surface area contributed by atoms with Gasteiger partial charge in [0.25, 0.3) is 0 Å². The summed E-state index contributed by atoms with van der Waals surface area (Å²) in [5, 5.41) is 18.9. The van der Waals surface area contributed by atoms with E-state index in [-0.39, 0.29) is 23.8 Å². The monoisotopic (exact) mass is 251 g/mol. The molecule has 1 saturated heterocycles. The zero-order chi connectivity index (χ0) is 13.2. The van der Waals surface area contributed by atoms with Gasteiger partial charge in [-0.15, -0.1) is 0 Å². The number of benzene rings is 1. The molecule has 0 aliphatic carbocycles. The molecular weight excluding hydrogens is 230 g/mol. The number of phenolic OH excluding ortho intramolecular Hbond substituents is 1. The average Bonchev–Trinajstić information content (AvgIpc) is 2.32. The molecule has 1 aromatic rings. The third kappa shape index (κ3) is 2.66. The van der Waals surface area contributed by atoms with Gasteiger partial charge in [0.2, 0.25) is 0 Å². The van der Waals surface area contributed by atoms with E-state index in [4.69, 9.17) is 4.74 Å². The number of hydrogen-bond donors (Lipinski definition) is 2. The Morgan fingerprint density at radius 3 is 2.67 bits per heavy atom. The lowest BCUT2D eigenvalue weighted by Crippen LogP contribution is -2.52. The minimum absolute atomic E-state index is 0.111. The molecule has 0 amide bonds. The van der Waals surface area contributed by atoms with Crippen LogP contribution in [0.4, 0.5) is 0 Å². The lowest BCUT2D eigenvalue weighted by Gasteiger charge is -2.43. The lowest BCUT2D eigenvalue weighted by atomic mass is 9.86. The molecule has 4 heteroatoms. The van der Waals surface area contributed by atoms with Gasteiger partial charge in [-0.25, -0.2) is 0 Å². The summed E-state index contributed by atoms with van der Waals surface area (Å²) in [7, 11) is 2.03. The van der Waals surface area contributed by atoms with Crippen LogP contribution in [0.2, 0.25) is 0 Å². The zero-order valence-corrected chi connectivity index (χ0v) is 11.0. The van der Waals surface area contributed by atoms with Crippen LogP contribution in [0, 0.1) is 5.41 Å². The van der Waals surface area contributed by atoms with E-state index in [1.165, 1.54) is 0 Å². The molecule has 0 bridgehead atoms. The fourth-order valence-corrected chi connectivity index (χ4v) is 2.33. The summed E-state index contributed by atoms with van der Waals surface area (Å²) in [5.41, 5.74) is 0.964. The topological polar surface area (TPSA) is 52.9 Å². The van der Waals surface area contributed by atoms with Crippen molar-refractivity contribution in [2.75, 3.05) is 33.4 Å². The molecule has 1 aliphatic heterocycles. The Labute approximate surface area is 108 Å². The molecule has 1 aliphatic rings. The Hall–Kier alpha value is -1.10. The Balaban J connectivity index is 2.02. The van der Waals surface area contributed by atoms with Gasteiger partial charge in [-0.2, -0.15) is 0 Å². The number of rotatable bonds is 5. The highest BCUT2D eigenvalue weighted by Crippen LogP contribution is 2.31. The first-order valence-electron chi connectivity index (χ1n) is 6.24. The molecule has 1 heterocycles. The van der Waals surface area contributed by atoms with Crippen molar-refractivity contribution in [2.24, 2.45) is 5.41 Å². The molecule has 1 atom stereocenters. The van der Waals surface area contributed by atoms with Gasteiger partial charge in [-0.05, 0) is 31.7 Å². The maximum Gasteiger partial charge on any atom is 0.115 e. The first kappa shape index (κ1) is 13.3. The highest BCUT2D eigenvalue weighted by molar-refractivity contribution is 5.29. The second kappa shape index (κ2) is 5.26. The summed E-state index contributed by atoms with van der Waals surface area (Å²) in [6, 6.07) is 7.50. The molecule has 1 unspecified atom stereocenters. The van der Waals surface area contributed by atoms with Crippen molar-refractivity contribution in [3.8, 4) is 5.75 Å². The van der Waals surface area contributed by atoms with E-state index in [1.807, 2.05) is 19.2 Å². The largest absolute Gasteiger partial charge is 0.508 e. The first-order chi connectivity index (χ1) is 8.56. The maximum absolute atomic E-state index is 9.50. The van der Waals surface area contributed by atoms with Gasteiger partial charge in [0, 0.05) is 12.6 Å². The van der Waals surface area contributed by atoms with E-state index in [2.05, 4.69) is 11.8 Å². The van der Waals surface area contributed by atoms with Gasteiger partial charge in [-0.1, -0.05) is 12.1 Å². The minimum Gasteiger partial charge on any atom is -0.508 e. The van der Waals surface area contributed by atoms with Crippen LogP contribution in [0.15, 0.2) is 24.3 Å². The lowest BCUT2D eigenvalue weighted by molar-refractivity contribution is -0.149. The van der Waals surface area contributed by atoms with E-state index >= 15 is 0 Å². The standard InChI is InChI=1S/C14H21NO3/c1-11(12-4-3-5-13(17)6-12)15(2)7-14(8-16)9-18-10-14/h3-6,11,16-17H,7-10H2,1-2H3. The minimum atomic E-state index is -0.111. The fourth-order valence-electron chi connectivity index (χ4n) is 2.33. The van der Waals surface area contributed by atoms with Crippen LogP contribution in [-0.2, 0) is 4.74 Å². The smallest absolute Gasteiger partial charge is 0.115 e. The van der Waals surface area contributed by atoms with Crippen LogP contribution in [0.1, 0.15) is 18.5 Å². The van der Waals surface area contributed by atoms with E-state index in [0.717, 1.165) is 12.1 Å². The summed E-state index contributed by atoms with van der Waals surface area (Å²) in [5.74, 6) is 0.289. The predicted molar refractivity (Wildman–Crippen MR) is 69.5 cm³/mol. The van der Waals surface area contributed by atoms with E-state index < -0.39 is 0 Å². The number of aromatic hydroxyl groups is 1. The maximum atomic E-state index is 9.50. The van der Waals surface area contributed by atoms with E-state index in [1.54, 1.807) is 12.1 Å². The average molecular weight is 251 g/mol. The van der Waals surface area contributed by atoms with Crippen LogP contribution in [0.25, 0.3) is 0 Å². The molecule has 2 rings (SSSR count). The summed E-state index contributed by atoms with van der Waals surface area (Å²) in [6.45, 7) is 4.30. The molecular formula is C14H21NO3. The van der Waals surface area contributed by atoms with Crippen molar-refractivity contribution >= 4 is 0 Å². The molecule has 0 spiro atoms. The summed E-state index contributed by atoms with van der Waals surface area (Å²) in [4.78, 5) is 2.19. The van der Waals surface area contributed by atoms with E-state index in [9.17, 15) is 10.2 Å². The molecule has 0 saturated carbocycles. The fraction of sp³-hybridized carbons (Fsp3) is 0.571. The normalized spacial score (nSPS) is 19.6. The zero-order valence-electron chi connectivity index (χ0n) is 11.0. The second-order valence-electron chi connectivity index (χ2n) is 5.34. The van der Waals surface area contributed by atoms with Crippen LogP contribution in [0.3, 0.4) is 0 Å². The van der Waals surface area contributed by atoms with Crippen LogP contribution in [0.5, 0.6) is 5.75 Å². The Morgan fingerprint density at radius 2 is 2.17 bits per heavy atom. The van der Waals surface area contributed by atoms with Crippen LogP contribution in [-0.4, -0.2) is 48.5 Å². The number of aliphatic hydroxyl groups is 1. The van der Waals surface area contributed by atoms with Gasteiger partial charge in [0.1, 0.15) is 5.75 Å². The van der Waals surface area contributed by atoms with Gasteiger partial charge in [-0.3, -0.25) is 4.90 Å². The molecule has 1 fully saturated rings. The van der Waals surface area contributed by atoms with Crippen LogP contribution >= 0.6 is 0 Å². The van der Waals surface area contributed by atoms with Crippen molar-refractivity contribution in [3.05, 3.63) is 29.8 Å². The number of phenols is 1. The first-order valence-corrected chi connectivity index (χ1v) is 6.24. The highest BCUT2D eigenvalue weighted by Gasteiger charge is 2.39. The Bertz CT molecular complexity index is 398. The van der Waals surface area contributed by atoms with Gasteiger partial charge < -0.3 is 14.9 Å². The number of ether oxygens (including phenoxy) is 1. The molecule has 100 valence electrons. The summed E-state index contributed by atoms with van der Waals surface area (Å²) in [6.07, 6.45) is 0. The van der Waals surface area contributed by atoms with Gasteiger partial charge >= 0.3 is 0 Å². The van der Waals surface area contributed by atoms with Gasteiger partial charge in [0.15, 0.2) is 0 Å². The Kier molecular flexibility index (Phi) is 3.90. The Morgan fingerprint density at radius 1 is 1.44 bits per heavy atom. The highest BCUT2D eigenvalue weighted by atomic mass is 16.5. The van der Waals surface area contributed by atoms with Crippen LogP contribution < -0.4 is 0 Å². The summed E-state index contributed by atoms with van der Waals surface area (Å²) >= 11 is 0. The number of aliphatic hydroxyl groups excluding tert-OH is 1. The summed E-state index contributed by atoms with van der Waals surface area (Å²) < 4.78 is 5.21. The van der Waals surface area contributed by atoms with Gasteiger partial charge in [0.05, 0.1) is 25.2 Å². The van der Waals surface area contributed by atoms with Crippen molar-refractivity contribution in [3.63, 3.8) is 0 Å². The number of nitrogens with zero attached hydrogens (tertiary/aromatic N) is 1. The molecule has 0 radical (unpaired) electrons. The second-order valence-corrected chi connectivity index (χ2v) is 5.34. The SMILES string of the molecule is CC(c1cccc(O)c1)N(C)CC1(CO)COC1. The molecule has 0 aromatic heterocycles. The number of hydrogen-bond acceptors (Lipinski definition) is 4. The molecule has 2 N–H and O–H groups in total. The molecule has 1 aromatic carbocycles. The van der Waals surface area contributed by atoms with Crippen molar-refractivity contribution < 1.29 is 14.9 Å². The molecule has 4 nitrogen and oxygen atoms in total. The van der Waals surface area contributed by atoms with Crippen molar-refractivity contribution in [1.82, 2.24) is 4.90 Å². The third-order valence-electron chi connectivity index (χ3n) is 3.75.